The van der Waals surface area contributed by atoms with E-state index in [1.165, 1.54) is 4.90 Å². The van der Waals surface area contributed by atoms with E-state index in [4.69, 9.17) is 32.7 Å². The van der Waals surface area contributed by atoms with Gasteiger partial charge in [-0.1, -0.05) is 48.7 Å². The van der Waals surface area contributed by atoms with Gasteiger partial charge in [0.2, 0.25) is 11.8 Å². The van der Waals surface area contributed by atoms with E-state index in [1.54, 1.807) is 24.3 Å². The summed E-state index contributed by atoms with van der Waals surface area (Å²) in [5.74, 6) is 0.448. The summed E-state index contributed by atoms with van der Waals surface area (Å²) in [7, 11) is 0. The first-order chi connectivity index (χ1) is 15.5. The molecule has 1 fully saturated rings. The lowest BCUT2D eigenvalue weighted by atomic mass is 10.0. The predicted molar refractivity (Wildman–Crippen MR) is 123 cm³/mol. The van der Waals surface area contributed by atoms with E-state index >= 15 is 0 Å². The molecular weight excluding hydrogens is 451 g/mol. The number of carbonyl (C=O) groups excluding carboxylic acids is 2. The van der Waals surface area contributed by atoms with Crippen LogP contribution in [0.5, 0.6) is 11.5 Å². The van der Waals surface area contributed by atoms with Crippen LogP contribution in [0, 0.1) is 0 Å². The van der Waals surface area contributed by atoms with Crippen LogP contribution < -0.4 is 14.8 Å². The van der Waals surface area contributed by atoms with E-state index in [0.717, 1.165) is 25.7 Å². The van der Waals surface area contributed by atoms with Crippen molar-refractivity contribution < 1.29 is 19.1 Å². The second-order valence-electron chi connectivity index (χ2n) is 8.12. The Balaban J connectivity index is 1.60. The van der Waals surface area contributed by atoms with Gasteiger partial charge in [0.05, 0.1) is 6.54 Å². The van der Waals surface area contributed by atoms with Gasteiger partial charge in [-0.05, 0) is 42.7 Å². The van der Waals surface area contributed by atoms with Crippen molar-refractivity contribution in [2.75, 3.05) is 19.0 Å². The lowest BCUT2D eigenvalue weighted by Crippen LogP contribution is -2.51. The second kappa shape index (κ2) is 10.5. The summed E-state index contributed by atoms with van der Waals surface area (Å²) in [6.45, 7) is 0.423. The van der Waals surface area contributed by atoms with Gasteiger partial charge >= 0.3 is 0 Å². The molecule has 170 valence electrons. The third-order valence-corrected chi connectivity index (χ3v) is 6.33. The molecule has 1 saturated carbocycles. The van der Waals surface area contributed by atoms with Gasteiger partial charge in [-0.3, -0.25) is 9.59 Å². The lowest BCUT2D eigenvalue weighted by Gasteiger charge is -2.36. The number of hydrogen-bond acceptors (Lipinski definition) is 4. The Morgan fingerprint density at radius 2 is 1.75 bits per heavy atom. The van der Waals surface area contributed by atoms with Crippen LogP contribution in [0.4, 0.5) is 0 Å². The van der Waals surface area contributed by atoms with Gasteiger partial charge in [0, 0.05) is 11.1 Å². The molecule has 1 N–H and O–H groups in total. The number of nitrogens with one attached hydrogen (secondary N) is 1. The van der Waals surface area contributed by atoms with Crippen molar-refractivity contribution in [1.82, 2.24) is 10.2 Å². The first-order valence-corrected chi connectivity index (χ1v) is 11.8. The van der Waals surface area contributed by atoms with Crippen LogP contribution in [0.25, 0.3) is 0 Å². The zero-order valence-corrected chi connectivity index (χ0v) is 19.1. The zero-order valence-electron chi connectivity index (χ0n) is 17.6. The largest absolute Gasteiger partial charge is 0.486 e. The van der Waals surface area contributed by atoms with E-state index in [1.807, 2.05) is 24.3 Å². The van der Waals surface area contributed by atoms with E-state index in [0.29, 0.717) is 22.1 Å². The molecule has 1 aliphatic heterocycles. The predicted octanol–water partition coefficient (Wildman–Crippen LogP) is 4.35. The molecule has 0 aromatic heterocycles. The summed E-state index contributed by atoms with van der Waals surface area (Å²) in [6, 6.07) is 13.6. The third kappa shape index (κ3) is 5.30. The van der Waals surface area contributed by atoms with E-state index < -0.39 is 12.1 Å². The molecule has 6 nitrogen and oxygen atoms in total. The minimum atomic E-state index is -0.847. The number of fused-ring (bicyclic) bond motifs is 1. The standard InChI is InChI=1S/C24H26Cl2N2O4/c25-13-22(29)28(14-19-15-31-20-7-3-4-8-21(20)32-19)23(16-9-11-17(26)12-10-16)24(30)27-18-5-1-2-6-18/h3-4,7-12,18-19,23H,1-2,5-6,13-15H2,(H,27,30)/t19-,23-/m0/s1. The number of alkyl halides is 1. The number of benzene rings is 2. The Hall–Kier alpha value is -2.44. The van der Waals surface area contributed by atoms with Crippen molar-refractivity contribution in [3.8, 4) is 11.5 Å². The maximum atomic E-state index is 13.4. The molecule has 4 rings (SSSR count). The van der Waals surface area contributed by atoms with Gasteiger partial charge in [0.25, 0.3) is 0 Å². The number of hydrogen-bond donors (Lipinski definition) is 1. The Morgan fingerprint density at radius 1 is 1.06 bits per heavy atom. The average Bonchev–Trinajstić information content (AvgIpc) is 3.32. The molecular formula is C24H26Cl2N2O4. The van der Waals surface area contributed by atoms with E-state index in [-0.39, 0.29) is 36.9 Å². The summed E-state index contributed by atoms with van der Waals surface area (Å²) in [4.78, 5) is 27.9. The summed E-state index contributed by atoms with van der Waals surface area (Å²) in [5.41, 5.74) is 0.667. The molecule has 1 heterocycles. The number of halogens is 2. The van der Waals surface area contributed by atoms with Crippen molar-refractivity contribution in [2.45, 2.75) is 43.9 Å². The van der Waals surface area contributed by atoms with Gasteiger partial charge in [-0.15, -0.1) is 11.6 Å². The van der Waals surface area contributed by atoms with Gasteiger partial charge in [-0.25, -0.2) is 0 Å². The van der Waals surface area contributed by atoms with E-state index in [9.17, 15) is 9.59 Å². The summed E-state index contributed by atoms with van der Waals surface area (Å²) in [6.07, 6.45) is 3.63. The Kier molecular flexibility index (Phi) is 7.43. The normalized spacial score (nSPS) is 18.8. The number of ether oxygens (including phenoxy) is 2. The first kappa shape index (κ1) is 22.7. The molecule has 1 aliphatic carbocycles. The molecule has 0 unspecified atom stereocenters. The van der Waals surface area contributed by atoms with Crippen LogP contribution in [0.1, 0.15) is 37.3 Å². The Labute approximate surface area is 197 Å². The third-order valence-electron chi connectivity index (χ3n) is 5.85. The molecule has 0 spiro atoms. The number of nitrogens with zero attached hydrogens (tertiary/aromatic N) is 1. The molecule has 2 amide bonds. The molecule has 0 bridgehead atoms. The molecule has 2 aromatic carbocycles. The smallest absolute Gasteiger partial charge is 0.247 e. The lowest BCUT2D eigenvalue weighted by molar-refractivity contribution is -0.141. The van der Waals surface area contributed by atoms with Crippen LogP contribution in [-0.2, 0) is 9.59 Å². The average molecular weight is 477 g/mol. The van der Waals surface area contributed by atoms with Gasteiger partial charge in [0.15, 0.2) is 17.6 Å². The monoisotopic (exact) mass is 476 g/mol. The molecule has 8 heteroatoms. The van der Waals surface area contributed by atoms with Gasteiger partial charge in [-0.2, -0.15) is 0 Å². The molecule has 32 heavy (non-hydrogen) atoms. The van der Waals surface area contributed by atoms with Crippen LogP contribution in [0.2, 0.25) is 5.02 Å². The van der Waals surface area contributed by atoms with Crippen molar-refractivity contribution >= 4 is 35.0 Å². The number of rotatable bonds is 7. The van der Waals surface area contributed by atoms with E-state index in [2.05, 4.69) is 5.32 Å². The summed E-state index contributed by atoms with van der Waals surface area (Å²) < 4.78 is 11.9. The van der Waals surface area contributed by atoms with Crippen LogP contribution >= 0.6 is 23.2 Å². The fraction of sp³-hybridized carbons (Fsp3) is 0.417. The summed E-state index contributed by atoms with van der Waals surface area (Å²) >= 11 is 12.0. The van der Waals surface area contributed by atoms with Gasteiger partial charge < -0.3 is 19.7 Å². The van der Waals surface area contributed by atoms with Crippen molar-refractivity contribution in [2.24, 2.45) is 0 Å². The molecule has 0 radical (unpaired) electrons. The highest BCUT2D eigenvalue weighted by Gasteiger charge is 2.35. The fourth-order valence-corrected chi connectivity index (χ4v) is 4.55. The Morgan fingerprint density at radius 3 is 2.44 bits per heavy atom. The fourth-order valence-electron chi connectivity index (χ4n) is 4.27. The minimum Gasteiger partial charge on any atom is -0.486 e. The maximum Gasteiger partial charge on any atom is 0.247 e. The SMILES string of the molecule is O=C(NC1CCCC1)[C@H](c1ccc(Cl)cc1)N(C[C@H]1COc2ccccc2O1)C(=O)CCl. The van der Waals surface area contributed by atoms with Crippen LogP contribution in [-0.4, -0.2) is 47.9 Å². The van der Waals surface area contributed by atoms with Gasteiger partial charge in [0.1, 0.15) is 18.5 Å². The molecule has 2 aromatic rings. The van der Waals surface area contributed by atoms with Crippen LogP contribution in [0.3, 0.4) is 0 Å². The molecule has 2 atom stereocenters. The number of para-hydroxylation sites is 2. The second-order valence-corrected chi connectivity index (χ2v) is 8.83. The van der Waals surface area contributed by atoms with Crippen molar-refractivity contribution in [1.29, 1.82) is 0 Å². The molecule has 0 saturated heterocycles. The zero-order chi connectivity index (χ0) is 22.5. The quantitative estimate of drug-likeness (QED) is 0.603. The highest BCUT2D eigenvalue weighted by atomic mass is 35.5. The summed E-state index contributed by atoms with van der Waals surface area (Å²) in [5, 5.41) is 3.68. The van der Waals surface area contributed by atoms with Crippen molar-refractivity contribution in [3.05, 3.63) is 59.1 Å². The Bertz CT molecular complexity index is 947. The number of amides is 2. The number of carbonyl (C=O) groups is 2. The first-order valence-electron chi connectivity index (χ1n) is 10.8. The topological polar surface area (TPSA) is 67.9 Å². The minimum absolute atomic E-state index is 0.117. The maximum absolute atomic E-state index is 13.4. The highest BCUT2D eigenvalue weighted by Crippen LogP contribution is 2.32. The van der Waals surface area contributed by atoms with Crippen LogP contribution in [0.15, 0.2) is 48.5 Å². The highest BCUT2D eigenvalue weighted by molar-refractivity contribution is 6.30. The molecule has 2 aliphatic rings. The van der Waals surface area contributed by atoms with Crippen molar-refractivity contribution in [3.63, 3.8) is 0 Å².